The van der Waals surface area contributed by atoms with Crippen molar-refractivity contribution in [3.05, 3.63) is 46.1 Å². The molecule has 3 heterocycles. The van der Waals surface area contributed by atoms with Crippen LogP contribution in [0.1, 0.15) is 16.8 Å². The number of carbonyl (C=O) groups is 1. The SMILES string of the molecule is O=C(Nc1cc(Cl)cc(N2CCOCC2)c1)c1cc(N2CCCS2(=O)=O)ncc1Cl. The maximum Gasteiger partial charge on any atom is 0.257 e. The highest BCUT2D eigenvalue weighted by Crippen LogP contribution is 2.29. The predicted molar refractivity (Wildman–Crippen MR) is 117 cm³/mol. The van der Waals surface area contributed by atoms with Crippen molar-refractivity contribution in [2.75, 3.05) is 53.1 Å². The summed E-state index contributed by atoms with van der Waals surface area (Å²) in [5.41, 5.74) is 1.53. The lowest BCUT2D eigenvalue weighted by Gasteiger charge is -2.29. The standard InChI is InChI=1S/C19H20Cl2N4O4S/c20-13-8-14(10-15(9-13)24-3-5-29-6-4-24)23-19(26)16-11-18(22-12-17(16)21)25-2-1-7-30(25,27)28/h8-12H,1-7H2,(H,23,26). The van der Waals surface area contributed by atoms with Crippen molar-refractivity contribution < 1.29 is 17.9 Å². The van der Waals surface area contributed by atoms with Crippen LogP contribution in [0.2, 0.25) is 10.0 Å². The number of hydrogen-bond donors (Lipinski definition) is 1. The molecule has 0 saturated carbocycles. The normalized spacial score (nSPS) is 18.5. The number of nitrogens with zero attached hydrogens (tertiary/aromatic N) is 3. The van der Waals surface area contributed by atoms with Crippen molar-refractivity contribution in [1.82, 2.24) is 4.98 Å². The second-order valence-electron chi connectivity index (χ2n) is 7.02. The van der Waals surface area contributed by atoms with Gasteiger partial charge >= 0.3 is 0 Å². The molecule has 0 bridgehead atoms. The number of sulfonamides is 1. The Morgan fingerprint density at radius 2 is 1.87 bits per heavy atom. The van der Waals surface area contributed by atoms with Crippen molar-refractivity contribution in [2.24, 2.45) is 0 Å². The van der Waals surface area contributed by atoms with Gasteiger partial charge in [-0.1, -0.05) is 23.2 Å². The van der Waals surface area contributed by atoms with E-state index in [9.17, 15) is 13.2 Å². The largest absolute Gasteiger partial charge is 0.378 e. The van der Waals surface area contributed by atoms with Crippen LogP contribution in [0, 0.1) is 0 Å². The molecule has 1 aromatic heterocycles. The summed E-state index contributed by atoms with van der Waals surface area (Å²) < 4.78 is 30.9. The van der Waals surface area contributed by atoms with Crippen molar-refractivity contribution in [3.8, 4) is 0 Å². The zero-order valence-corrected chi connectivity index (χ0v) is 18.3. The predicted octanol–water partition coefficient (Wildman–Crippen LogP) is 3.02. The molecule has 2 saturated heterocycles. The Bertz CT molecular complexity index is 1070. The van der Waals surface area contributed by atoms with E-state index < -0.39 is 15.9 Å². The highest BCUT2D eigenvalue weighted by Gasteiger charge is 2.30. The van der Waals surface area contributed by atoms with Crippen LogP contribution in [0.15, 0.2) is 30.5 Å². The number of halogens is 2. The lowest BCUT2D eigenvalue weighted by atomic mass is 10.2. The average molecular weight is 471 g/mol. The summed E-state index contributed by atoms with van der Waals surface area (Å²) in [7, 11) is -3.42. The van der Waals surface area contributed by atoms with Gasteiger partial charge < -0.3 is 15.0 Å². The van der Waals surface area contributed by atoms with Gasteiger partial charge in [-0.3, -0.25) is 9.10 Å². The fraction of sp³-hybridized carbons (Fsp3) is 0.368. The Morgan fingerprint density at radius 3 is 2.57 bits per heavy atom. The molecule has 0 unspecified atom stereocenters. The third kappa shape index (κ3) is 4.49. The van der Waals surface area contributed by atoms with Gasteiger partial charge in [0, 0.05) is 42.2 Å². The van der Waals surface area contributed by atoms with Crippen LogP contribution in [0.25, 0.3) is 0 Å². The number of ether oxygens (including phenoxy) is 1. The summed E-state index contributed by atoms with van der Waals surface area (Å²) in [4.78, 5) is 19.1. The van der Waals surface area contributed by atoms with E-state index >= 15 is 0 Å². The Labute approximate surface area is 184 Å². The highest BCUT2D eigenvalue weighted by molar-refractivity contribution is 7.93. The van der Waals surface area contributed by atoms with Crippen LogP contribution in [-0.2, 0) is 14.8 Å². The van der Waals surface area contributed by atoms with Crippen LogP contribution in [0.4, 0.5) is 17.2 Å². The number of benzene rings is 1. The van der Waals surface area contributed by atoms with Gasteiger partial charge in [0.1, 0.15) is 5.82 Å². The molecule has 0 atom stereocenters. The van der Waals surface area contributed by atoms with Crippen molar-refractivity contribution in [3.63, 3.8) is 0 Å². The van der Waals surface area contributed by atoms with E-state index in [1.165, 1.54) is 16.6 Å². The minimum absolute atomic E-state index is 0.0612. The fourth-order valence-corrected chi connectivity index (χ4v) is 5.41. The number of anilines is 3. The molecule has 2 fully saturated rings. The Morgan fingerprint density at radius 1 is 1.10 bits per heavy atom. The first-order valence-electron chi connectivity index (χ1n) is 9.44. The second kappa shape index (κ2) is 8.58. The van der Waals surface area contributed by atoms with Crippen LogP contribution < -0.4 is 14.5 Å². The quantitative estimate of drug-likeness (QED) is 0.737. The number of aromatic nitrogens is 1. The fourth-order valence-electron chi connectivity index (χ4n) is 3.48. The van der Waals surface area contributed by atoms with Gasteiger partial charge in [-0.2, -0.15) is 0 Å². The van der Waals surface area contributed by atoms with Gasteiger partial charge in [0.05, 0.1) is 29.6 Å². The average Bonchev–Trinajstić information content (AvgIpc) is 3.07. The van der Waals surface area contributed by atoms with Crippen molar-refractivity contribution in [2.45, 2.75) is 6.42 Å². The second-order valence-corrected chi connectivity index (χ2v) is 9.87. The molecule has 2 aliphatic rings. The van der Waals surface area contributed by atoms with Gasteiger partial charge in [0.15, 0.2) is 0 Å². The number of amides is 1. The number of carbonyl (C=O) groups excluding carboxylic acids is 1. The zero-order valence-electron chi connectivity index (χ0n) is 16.0. The summed E-state index contributed by atoms with van der Waals surface area (Å²) in [6.45, 7) is 3.05. The summed E-state index contributed by atoms with van der Waals surface area (Å²) in [6, 6.07) is 6.70. The first kappa shape index (κ1) is 21.2. The zero-order chi connectivity index (χ0) is 21.3. The van der Waals surface area contributed by atoms with Gasteiger partial charge in [0.2, 0.25) is 10.0 Å². The molecule has 8 nitrogen and oxygen atoms in total. The number of pyridine rings is 1. The molecular formula is C19H20Cl2N4O4S. The minimum atomic E-state index is -3.42. The van der Waals surface area contributed by atoms with Gasteiger partial charge in [-0.05, 0) is 30.7 Å². The third-order valence-corrected chi connectivity index (χ3v) is 7.32. The van der Waals surface area contributed by atoms with Gasteiger partial charge in [-0.25, -0.2) is 13.4 Å². The van der Waals surface area contributed by atoms with E-state index in [0.717, 1.165) is 18.8 Å². The van der Waals surface area contributed by atoms with Gasteiger partial charge in [0.25, 0.3) is 5.91 Å². The van der Waals surface area contributed by atoms with E-state index in [1.54, 1.807) is 6.07 Å². The molecule has 0 aliphatic carbocycles. The summed E-state index contributed by atoms with van der Waals surface area (Å²) in [5, 5.41) is 3.41. The lowest BCUT2D eigenvalue weighted by Crippen LogP contribution is -2.36. The molecule has 160 valence electrons. The monoisotopic (exact) mass is 470 g/mol. The molecule has 1 amide bonds. The first-order valence-corrected chi connectivity index (χ1v) is 11.8. The first-order chi connectivity index (χ1) is 14.3. The number of rotatable bonds is 4. The van der Waals surface area contributed by atoms with E-state index in [-0.39, 0.29) is 22.2 Å². The van der Waals surface area contributed by atoms with E-state index in [2.05, 4.69) is 15.2 Å². The van der Waals surface area contributed by atoms with E-state index in [4.69, 9.17) is 27.9 Å². The van der Waals surface area contributed by atoms with Crippen molar-refractivity contribution >= 4 is 56.3 Å². The Balaban J connectivity index is 1.58. The molecular weight excluding hydrogens is 451 g/mol. The molecule has 1 N–H and O–H groups in total. The van der Waals surface area contributed by atoms with Crippen LogP contribution in [0.3, 0.4) is 0 Å². The minimum Gasteiger partial charge on any atom is -0.378 e. The van der Waals surface area contributed by atoms with Crippen LogP contribution >= 0.6 is 23.2 Å². The number of hydrogen-bond acceptors (Lipinski definition) is 6. The van der Waals surface area contributed by atoms with E-state index in [0.29, 0.717) is 36.9 Å². The summed E-state index contributed by atoms with van der Waals surface area (Å²) in [5.74, 6) is -0.233. The Kier molecular flexibility index (Phi) is 6.06. The lowest BCUT2D eigenvalue weighted by molar-refractivity contribution is 0.102. The Hall–Kier alpha value is -2.07. The van der Waals surface area contributed by atoms with E-state index in [1.807, 2.05) is 12.1 Å². The molecule has 0 radical (unpaired) electrons. The maximum atomic E-state index is 12.9. The van der Waals surface area contributed by atoms with Crippen LogP contribution in [0.5, 0.6) is 0 Å². The molecule has 30 heavy (non-hydrogen) atoms. The molecule has 1 aromatic carbocycles. The third-order valence-electron chi connectivity index (χ3n) is 4.96. The molecule has 2 aromatic rings. The molecule has 11 heteroatoms. The topological polar surface area (TPSA) is 91.8 Å². The number of nitrogens with one attached hydrogen (secondary N) is 1. The highest BCUT2D eigenvalue weighted by atomic mass is 35.5. The summed E-state index contributed by atoms with van der Waals surface area (Å²) >= 11 is 12.4. The molecule has 2 aliphatic heterocycles. The molecule has 0 spiro atoms. The van der Waals surface area contributed by atoms with Gasteiger partial charge in [-0.15, -0.1) is 0 Å². The number of morpholine rings is 1. The van der Waals surface area contributed by atoms with Crippen LogP contribution in [-0.4, -0.2) is 57.9 Å². The smallest absolute Gasteiger partial charge is 0.257 e. The maximum absolute atomic E-state index is 12.9. The molecule has 4 rings (SSSR count). The summed E-state index contributed by atoms with van der Waals surface area (Å²) in [6.07, 6.45) is 1.80. The van der Waals surface area contributed by atoms with Crippen molar-refractivity contribution in [1.29, 1.82) is 0 Å².